The molecule has 1 N–H and O–H groups in total. The second-order valence-electron chi connectivity index (χ2n) is 4.29. The van der Waals surface area contributed by atoms with Gasteiger partial charge in [-0.1, -0.05) is 13.8 Å². The van der Waals surface area contributed by atoms with Crippen LogP contribution in [0.15, 0.2) is 11.8 Å². The Morgan fingerprint density at radius 1 is 1.62 bits per heavy atom. The van der Waals surface area contributed by atoms with Gasteiger partial charge in [0.15, 0.2) is 5.76 Å². The first-order valence-corrected chi connectivity index (χ1v) is 5.79. The second-order valence-corrected chi connectivity index (χ2v) is 4.29. The van der Waals surface area contributed by atoms with Gasteiger partial charge >= 0.3 is 0 Å². The first-order valence-electron chi connectivity index (χ1n) is 5.79. The van der Waals surface area contributed by atoms with E-state index in [4.69, 9.17) is 9.47 Å². The maximum atomic E-state index is 11.7. The molecule has 0 unspecified atom stereocenters. The molecule has 0 aliphatic carbocycles. The second kappa shape index (κ2) is 6.53. The molecule has 0 spiro atoms. The lowest BCUT2D eigenvalue weighted by molar-refractivity contribution is -0.121. The van der Waals surface area contributed by atoms with E-state index in [-0.39, 0.29) is 12.0 Å². The number of rotatable bonds is 5. The monoisotopic (exact) mass is 227 g/mol. The number of carbonyl (C=O) groups is 1. The SMILES string of the molecule is CO[C@@H](CNC(=O)C1=CCCCO1)C(C)C. The molecule has 0 saturated carbocycles. The van der Waals surface area contributed by atoms with Gasteiger partial charge in [-0.3, -0.25) is 4.79 Å². The molecule has 0 radical (unpaired) electrons. The van der Waals surface area contributed by atoms with Crippen molar-refractivity contribution in [3.05, 3.63) is 11.8 Å². The number of carbonyl (C=O) groups excluding carboxylic acids is 1. The fourth-order valence-corrected chi connectivity index (χ4v) is 1.59. The molecular formula is C12H21NO3. The topological polar surface area (TPSA) is 47.6 Å². The van der Waals surface area contributed by atoms with Crippen molar-refractivity contribution in [2.75, 3.05) is 20.3 Å². The van der Waals surface area contributed by atoms with E-state index < -0.39 is 0 Å². The van der Waals surface area contributed by atoms with Gasteiger partial charge < -0.3 is 14.8 Å². The highest BCUT2D eigenvalue weighted by molar-refractivity contribution is 5.91. The number of hydrogen-bond donors (Lipinski definition) is 1. The minimum Gasteiger partial charge on any atom is -0.488 e. The molecule has 0 fully saturated rings. The molecule has 0 saturated heterocycles. The normalized spacial score (nSPS) is 17.6. The van der Waals surface area contributed by atoms with Crippen LogP contribution in [0.2, 0.25) is 0 Å². The number of nitrogens with one attached hydrogen (secondary N) is 1. The third kappa shape index (κ3) is 3.85. The van der Waals surface area contributed by atoms with Gasteiger partial charge in [0.2, 0.25) is 0 Å². The smallest absolute Gasteiger partial charge is 0.286 e. The highest BCUT2D eigenvalue weighted by Gasteiger charge is 2.17. The summed E-state index contributed by atoms with van der Waals surface area (Å²) in [5.41, 5.74) is 0. The Morgan fingerprint density at radius 2 is 2.38 bits per heavy atom. The quantitative estimate of drug-likeness (QED) is 0.773. The predicted octanol–water partition coefficient (Wildman–Crippen LogP) is 1.47. The number of ether oxygens (including phenoxy) is 2. The van der Waals surface area contributed by atoms with Crippen LogP contribution in [0, 0.1) is 5.92 Å². The first kappa shape index (κ1) is 13.0. The van der Waals surface area contributed by atoms with Crippen molar-refractivity contribution >= 4 is 5.91 Å². The molecule has 1 rings (SSSR count). The number of hydrogen-bond acceptors (Lipinski definition) is 3. The Morgan fingerprint density at radius 3 is 2.88 bits per heavy atom. The third-order valence-electron chi connectivity index (χ3n) is 2.67. The molecule has 0 aromatic heterocycles. The molecule has 1 aliphatic heterocycles. The minimum atomic E-state index is -0.137. The van der Waals surface area contributed by atoms with Gasteiger partial charge in [0, 0.05) is 13.7 Å². The molecule has 1 aliphatic rings. The average molecular weight is 227 g/mol. The summed E-state index contributed by atoms with van der Waals surface area (Å²) < 4.78 is 10.5. The molecule has 4 nitrogen and oxygen atoms in total. The molecule has 0 bridgehead atoms. The van der Waals surface area contributed by atoms with E-state index in [2.05, 4.69) is 19.2 Å². The van der Waals surface area contributed by atoms with Gasteiger partial charge in [-0.05, 0) is 24.8 Å². The van der Waals surface area contributed by atoms with E-state index >= 15 is 0 Å². The fourth-order valence-electron chi connectivity index (χ4n) is 1.59. The van der Waals surface area contributed by atoms with E-state index in [0.29, 0.717) is 24.8 Å². The van der Waals surface area contributed by atoms with E-state index in [1.54, 1.807) is 7.11 Å². The maximum absolute atomic E-state index is 11.7. The van der Waals surface area contributed by atoms with Crippen LogP contribution in [0.5, 0.6) is 0 Å². The number of amides is 1. The minimum absolute atomic E-state index is 0.0492. The molecular weight excluding hydrogens is 206 g/mol. The zero-order chi connectivity index (χ0) is 12.0. The van der Waals surface area contributed by atoms with Crippen LogP contribution in [0.3, 0.4) is 0 Å². The van der Waals surface area contributed by atoms with Crippen LogP contribution in [0.1, 0.15) is 26.7 Å². The highest BCUT2D eigenvalue weighted by Crippen LogP contribution is 2.10. The van der Waals surface area contributed by atoms with Crippen LogP contribution < -0.4 is 5.32 Å². The highest BCUT2D eigenvalue weighted by atomic mass is 16.5. The summed E-state index contributed by atoms with van der Waals surface area (Å²) in [5, 5.41) is 2.83. The zero-order valence-electron chi connectivity index (χ0n) is 10.3. The average Bonchev–Trinajstić information content (AvgIpc) is 2.30. The van der Waals surface area contributed by atoms with Gasteiger partial charge in [-0.2, -0.15) is 0 Å². The molecule has 0 aromatic carbocycles. The lowest BCUT2D eigenvalue weighted by Crippen LogP contribution is -2.37. The maximum Gasteiger partial charge on any atom is 0.286 e. The van der Waals surface area contributed by atoms with Gasteiger partial charge in [-0.25, -0.2) is 0 Å². The van der Waals surface area contributed by atoms with Crippen molar-refractivity contribution in [2.45, 2.75) is 32.8 Å². The summed E-state index contributed by atoms with van der Waals surface area (Å²) in [5.74, 6) is 0.693. The molecule has 4 heteroatoms. The largest absolute Gasteiger partial charge is 0.488 e. The number of allylic oxidation sites excluding steroid dienone is 1. The Labute approximate surface area is 97.0 Å². The van der Waals surface area contributed by atoms with E-state index in [9.17, 15) is 4.79 Å². The van der Waals surface area contributed by atoms with Crippen LogP contribution in [-0.4, -0.2) is 32.3 Å². The summed E-state index contributed by atoms with van der Waals surface area (Å²) in [6, 6.07) is 0. The lowest BCUT2D eigenvalue weighted by Gasteiger charge is -2.20. The summed E-state index contributed by atoms with van der Waals surface area (Å²) in [7, 11) is 1.66. The van der Waals surface area contributed by atoms with Gasteiger partial charge in [-0.15, -0.1) is 0 Å². The molecule has 16 heavy (non-hydrogen) atoms. The number of methoxy groups -OCH3 is 1. The van der Waals surface area contributed by atoms with Crippen molar-refractivity contribution in [1.82, 2.24) is 5.32 Å². The van der Waals surface area contributed by atoms with E-state index in [0.717, 1.165) is 12.8 Å². The van der Waals surface area contributed by atoms with Crippen molar-refractivity contribution in [3.63, 3.8) is 0 Å². The summed E-state index contributed by atoms with van der Waals surface area (Å²) in [4.78, 5) is 11.7. The van der Waals surface area contributed by atoms with Crippen molar-refractivity contribution in [3.8, 4) is 0 Å². The Balaban J connectivity index is 2.36. The standard InChI is InChI=1S/C12H21NO3/c1-9(2)11(15-3)8-13-12(14)10-6-4-5-7-16-10/h6,9,11H,4-5,7-8H2,1-3H3,(H,13,14)/t11-/m0/s1. The summed E-state index contributed by atoms with van der Waals surface area (Å²) >= 11 is 0. The van der Waals surface area contributed by atoms with Gasteiger partial charge in [0.25, 0.3) is 5.91 Å². The first-order chi connectivity index (χ1) is 7.65. The van der Waals surface area contributed by atoms with Crippen molar-refractivity contribution in [2.24, 2.45) is 5.92 Å². The van der Waals surface area contributed by atoms with Crippen LogP contribution >= 0.6 is 0 Å². The summed E-state index contributed by atoms with van der Waals surface area (Å²) in [6.07, 6.45) is 3.80. The van der Waals surface area contributed by atoms with Crippen molar-refractivity contribution in [1.29, 1.82) is 0 Å². The lowest BCUT2D eigenvalue weighted by atomic mass is 10.1. The predicted molar refractivity (Wildman–Crippen MR) is 61.9 cm³/mol. The summed E-state index contributed by atoms with van der Waals surface area (Å²) in [6.45, 7) is 5.29. The van der Waals surface area contributed by atoms with E-state index in [1.807, 2.05) is 6.08 Å². The molecule has 0 aromatic rings. The molecule has 1 atom stereocenters. The van der Waals surface area contributed by atoms with E-state index in [1.165, 1.54) is 0 Å². The zero-order valence-corrected chi connectivity index (χ0v) is 10.3. The van der Waals surface area contributed by atoms with Gasteiger partial charge in [0.05, 0.1) is 12.7 Å². The van der Waals surface area contributed by atoms with Crippen molar-refractivity contribution < 1.29 is 14.3 Å². The molecule has 92 valence electrons. The fraction of sp³-hybridized carbons (Fsp3) is 0.750. The molecule has 1 amide bonds. The third-order valence-corrected chi connectivity index (χ3v) is 2.67. The Hall–Kier alpha value is -1.03. The Kier molecular flexibility index (Phi) is 5.32. The van der Waals surface area contributed by atoms with Crippen LogP contribution in [0.25, 0.3) is 0 Å². The molecule has 1 heterocycles. The Bertz CT molecular complexity index is 261. The van der Waals surface area contributed by atoms with Crippen LogP contribution in [0.4, 0.5) is 0 Å². The van der Waals surface area contributed by atoms with Gasteiger partial charge in [0.1, 0.15) is 0 Å². The van der Waals surface area contributed by atoms with Crippen LogP contribution in [-0.2, 0) is 14.3 Å².